The largest absolute Gasteiger partial charge is 0.456 e. The van der Waals surface area contributed by atoms with Crippen molar-refractivity contribution < 1.29 is 19.1 Å². The molecule has 1 atom stereocenters. The van der Waals surface area contributed by atoms with Crippen LogP contribution in [0, 0.1) is 11.3 Å². The van der Waals surface area contributed by atoms with Crippen molar-refractivity contribution in [2.24, 2.45) is 0 Å². The molecule has 0 aliphatic carbocycles. The van der Waals surface area contributed by atoms with E-state index >= 15 is 0 Å². The zero-order valence-electron chi connectivity index (χ0n) is 15.2. The summed E-state index contributed by atoms with van der Waals surface area (Å²) >= 11 is 1.23. The van der Waals surface area contributed by atoms with Crippen molar-refractivity contribution in [1.82, 2.24) is 4.98 Å². The van der Waals surface area contributed by atoms with Crippen LogP contribution in [0.15, 0.2) is 41.3 Å². The zero-order valence-corrected chi connectivity index (χ0v) is 16.0. The molecule has 27 heavy (non-hydrogen) atoms. The third-order valence-corrected chi connectivity index (χ3v) is 4.22. The standard InChI is InChI=1S/C19H19N3O4S/c1-13(11-25-3)26-18(24)15(10-20)9-16-12-27-19(21-16)22(14(2)23)17-7-5-4-6-8-17/h4-9,12-13H,11H2,1-3H3/b15-9+/t13-/m1/s1. The number of methoxy groups -OCH3 is 1. The average molecular weight is 385 g/mol. The topological polar surface area (TPSA) is 92.5 Å². The molecule has 0 radical (unpaired) electrons. The first-order valence-corrected chi connectivity index (χ1v) is 8.97. The fourth-order valence-corrected chi connectivity index (χ4v) is 3.09. The van der Waals surface area contributed by atoms with Crippen molar-refractivity contribution in [1.29, 1.82) is 5.26 Å². The Morgan fingerprint density at radius 1 is 1.37 bits per heavy atom. The first-order valence-electron chi connectivity index (χ1n) is 8.09. The van der Waals surface area contributed by atoms with Gasteiger partial charge in [0.1, 0.15) is 17.7 Å². The van der Waals surface area contributed by atoms with Crippen LogP contribution >= 0.6 is 11.3 Å². The Morgan fingerprint density at radius 3 is 2.67 bits per heavy atom. The van der Waals surface area contributed by atoms with Gasteiger partial charge in [-0.1, -0.05) is 18.2 Å². The minimum atomic E-state index is -0.747. The lowest BCUT2D eigenvalue weighted by molar-refractivity contribution is -0.145. The molecular formula is C19H19N3O4S. The van der Waals surface area contributed by atoms with Gasteiger partial charge in [-0.05, 0) is 25.1 Å². The zero-order chi connectivity index (χ0) is 19.8. The van der Waals surface area contributed by atoms with E-state index in [-0.39, 0.29) is 18.1 Å². The first kappa shape index (κ1) is 20.3. The minimum absolute atomic E-state index is 0.177. The molecule has 8 heteroatoms. The maximum Gasteiger partial charge on any atom is 0.349 e. The van der Waals surface area contributed by atoms with Gasteiger partial charge in [0.2, 0.25) is 5.91 Å². The van der Waals surface area contributed by atoms with Crippen molar-refractivity contribution in [3.8, 4) is 6.07 Å². The normalized spacial score (nSPS) is 12.1. The predicted octanol–water partition coefficient (Wildman–Crippen LogP) is 3.31. The number of esters is 1. The summed E-state index contributed by atoms with van der Waals surface area (Å²) in [7, 11) is 1.50. The van der Waals surface area contributed by atoms with Crippen LogP contribution < -0.4 is 4.90 Å². The second-order valence-corrected chi connectivity index (χ2v) is 6.42. The summed E-state index contributed by atoms with van der Waals surface area (Å²) in [6, 6.07) is 10.9. The van der Waals surface area contributed by atoms with Crippen LogP contribution in [-0.4, -0.2) is 36.7 Å². The van der Waals surface area contributed by atoms with E-state index < -0.39 is 12.1 Å². The van der Waals surface area contributed by atoms with Crippen LogP contribution in [0.5, 0.6) is 0 Å². The molecule has 0 saturated carbocycles. The summed E-state index contributed by atoms with van der Waals surface area (Å²) in [5.74, 6) is -0.942. The number of thiazole rings is 1. The van der Waals surface area contributed by atoms with Crippen LogP contribution in [0.4, 0.5) is 10.8 Å². The van der Waals surface area contributed by atoms with Crippen molar-refractivity contribution >= 4 is 40.1 Å². The lowest BCUT2D eigenvalue weighted by Crippen LogP contribution is -2.22. The van der Waals surface area contributed by atoms with E-state index in [1.165, 1.54) is 36.3 Å². The van der Waals surface area contributed by atoms with Gasteiger partial charge in [0, 0.05) is 19.4 Å². The van der Waals surface area contributed by atoms with Gasteiger partial charge in [-0.25, -0.2) is 9.78 Å². The van der Waals surface area contributed by atoms with Gasteiger partial charge < -0.3 is 9.47 Å². The van der Waals surface area contributed by atoms with Crippen molar-refractivity contribution in [2.45, 2.75) is 20.0 Å². The van der Waals surface area contributed by atoms with Gasteiger partial charge in [0.15, 0.2) is 5.13 Å². The highest BCUT2D eigenvalue weighted by atomic mass is 32.1. The number of ether oxygens (including phenoxy) is 2. The molecule has 2 aromatic rings. The summed E-state index contributed by atoms with van der Waals surface area (Å²) in [6.07, 6.45) is 0.863. The lowest BCUT2D eigenvalue weighted by atomic mass is 10.2. The predicted molar refractivity (Wildman–Crippen MR) is 102 cm³/mol. The molecule has 0 N–H and O–H groups in total. The van der Waals surface area contributed by atoms with E-state index in [9.17, 15) is 14.9 Å². The lowest BCUT2D eigenvalue weighted by Gasteiger charge is -2.17. The molecular weight excluding hydrogens is 366 g/mol. The summed E-state index contributed by atoms with van der Waals surface area (Å²) in [4.78, 5) is 30.0. The van der Waals surface area contributed by atoms with E-state index in [2.05, 4.69) is 4.98 Å². The van der Waals surface area contributed by atoms with Gasteiger partial charge in [-0.2, -0.15) is 5.26 Å². The van der Waals surface area contributed by atoms with Crippen LogP contribution in [0.1, 0.15) is 19.5 Å². The van der Waals surface area contributed by atoms with E-state index in [1.807, 2.05) is 24.3 Å². The monoisotopic (exact) mass is 385 g/mol. The van der Waals surface area contributed by atoms with Gasteiger partial charge in [0.25, 0.3) is 0 Å². The maximum atomic E-state index is 12.1. The molecule has 0 unspecified atom stereocenters. The van der Waals surface area contributed by atoms with Crippen LogP contribution in [0.25, 0.3) is 6.08 Å². The number of rotatable bonds is 7. The Balaban J connectivity index is 2.24. The van der Waals surface area contributed by atoms with Crippen LogP contribution in [0.3, 0.4) is 0 Å². The number of benzene rings is 1. The van der Waals surface area contributed by atoms with Crippen molar-refractivity contribution in [3.63, 3.8) is 0 Å². The van der Waals surface area contributed by atoms with E-state index in [4.69, 9.17) is 9.47 Å². The minimum Gasteiger partial charge on any atom is -0.456 e. The Labute approximate surface area is 161 Å². The van der Waals surface area contributed by atoms with Gasteiger partial charge in [-0.15, -0.1) is 11.3 Å². The summed E-state index contributed by atoms with van der Waals surface area (Å²) < 4.78 is 10.0. The molecule has 1 aromatic carbocycles. The molecule has 0 aliphatic heterocycles. The first-order chi connectivity index (χ1) is 13.0. The molecule has 1 amide bonds. The number of carbonyl (C=O) groups is 2. The second-order valence-electron chi connectivity index (χ2n) is 5.59. The van der Waals surface area contributed by atoms with E-state index in [1.54, 1.807) is 24.4 Å². The number of hydrogen-bond donors (Lipinski definition) is 0. The van der Waals surface area contributed by atoms with E-state index in [0.29, 0.717) is 16.5 Å². The Bertz CT molecular complexity index is 871. The Hall–Kier alpha value is -3.02. The fraction of sp³-hybridized carbons (Fsp3) is 0.263. The summed E-state index contributed by atoms with van der Waals surface area (Å²) in [6.45, 7) is 3.34. The van der Waals surface area contributed by atoms with Gasteiger partial charge in [0.05, 0.1) is 18.0 Å². The highest BCUT2D eigenvalue weighted by Gasteiger charge is 2.19. The average Bonchev–Trinajstić information content (AvgIpc) is 3.08. The highest BCUT2D eigenvalue weighted by Crippen LogP contribution is 2.29. The van der Waals surface area contributed by atoms with Crippen LogP contribution in [0.2, 0.25) is 0 Å². The third kappa shape index (κ3) is 5.48. The summed E-state index contributed by atoms with van der Waals surface area (Å²) in [5, 5.41) is 11.4. The molecule has 0 bridgehead atoms. The number of hydrogen-bond acceptors (Lipinski definition) is 7. The molecule has 0 aliphatic rings. The second kappa shape index (κ2) is 9.62. The van der Waals surface area contributed by atoms with E-state index in [0.717, 1.165) is 0 Å². The molecule has 7 nitrogen and oxygen atoms in total. The Morgan fingerprint density at radius 2 is 2.07 bits per heavy atom. The van der Waals surface area contributed by atoms with Crippen molar-refractivity contribution in [3.05, 3.63) is 47.0 Å². The fourth-order valence-electron chi connectivity index (χ4n) is 2.25. The molecule has 2 rings (SSSR count). The van der Waals surface area contributed by atoms with Gasteiger partial charge >= 0.3 is 5.97 Å². The third-order valence-electron chi connectivity index (χ3n) is 3.37. The number of anilines is 2. The number of para-hydroxylation sites is 1. The SMILES string of the molecule is COC[C@@H](C)OC(=O)/C(C#N)=C/c1csc(N(C(C)=O)c2ccccc2)n1. The number of carbonyl (C=O) groups excluding carboxylic acids is 2. The van der Waals surface area contributed by atoms with Gasteiger partial charge in [-0.3, -0.25) is 9.69 Å². The molecule has 0 spiro atoms. The van der Waals surface area contributed by atoms with Crippen LogP contribution in [-0.2, 0) is 19.1 Å². The quantitative estimate of drug-likeness (QED) is 0.412. The molecule has 140 valence electrons. The Kier molecular flexibility index (Phi) is 7.23. The molecule has 0 saturated heterocycles. The molecule has 1 aromatic heterocycles. The highest BCUT2D eigenvalue weighted by molar-refractivity contribution is 7.14. The molecule has 1 heterocycles. The number of amides is 1. The summed E-state index contributed by atoms with van der Waals surface area (Å²) in [5.41, 5.74) is 0.900. The number of nitriles is 1. The maximum absolute atomic E-state index is 12.1. The molecule has 0 fully saturated rings. The van der Waals surface area contributed by atoms with Crippen molar-refractivity contribution in [2.75, 3.05) is 18.6 Å². The smallest absolute Gasteiger partial charge is 0.349 e. The number of aromatic nitrogens is 1. The number of nitrogens with zero attached hydrogens (tertiary/aromatic N) is 3.